The SMILES string of the molecule is C=CCCS(=O)(=O)NC1CCCNC1.Cl. The lowest BCUT2D eigenvalue weighted by molar-refractivity contribution is 0.428. The largest absolute Gasteiger partial charge is 0.315 e. The zero-order valence-electron chi connectivity index (χ0n) is 8.74. The summed E-state index contributed by atoms with van der Waals surface area (Å²) < 4.78 is 25.6. The van der Waals surface area contributed by atoms with Gasteiger partial charge in [-0.3, -0.25) is 0 Å². The van der Waals surface area contributed by atoms with Gasteiger partial charge >= 0.3 is 0 Å². The summed E-state index contributed by atoms with van der Waals surface area (Å²) >= 11 is 0. The molecule has 1 atom stereocenters. The van der Waals surface area contributed by atoms with Crippen LogP contribution in [-0.2, 0) is 10.0 Å². The fourth-order valence-corrected chi connectivity index (χ4v) is 2.81. The van der Waals surface area contributed by atoms with E-state index in [-0.39, 0.29) is 24.2 Å². The van der Waals surface area contributed by atoms with Gasteiger partial charge in [0.25, 0.3) is 0 Å². The predicted molar refractivity (Wildman–Crippen MR) is 64.9 cm³/mol. The van der Waals surface area contributed by atoms with E-state index < -0.39 is 10.0 Å². The molecule has 1 unspecified atom stereocenters. The van der Waals surface area contributed by atoms with E-state index in [2.05, 4.69) is 16.6 Å². The van der Waals surface area contributed by atoms with Crippen LogP contribution in [0, 0.1) is 0 Å². The molecule has 1 aliphatic rings. The number of hydrogen-bond donors (Lipinski definition) is 2. The second-order valence-electron chi connectivity index (χ2n) is 3.56. The minimum atomic E-state index is -3.10. The van der Waals surface area contributed by atoms with E-state index in [0.717, 1.165) is 25.9 Å². The molecule has 1 saturated heterocycles. The first-order valence-electron chi connectivity index (χ1n) is 4.95. The Morgan fingerprint density at radius 3 is 2.80 bits per heavy atom. The van der Waals surface area contributed by atoms with Gasteiger partial charge in [-0.1, -0.05) is 6.08 Å². The standard InChI is InChI=1S/C9H18N2O2S.ClH/c1-2-3-7-14(12,13)11-9-5-4-6-10-8-9;/h2,9-11H,1,3-8H2;1H. The fourth-order valence-electron chi connectivity index (χ4n) is 1.50. The van der Waals surface area contributed by atoms with Crippen molar-refractivity contribution in [2.75, 3.05) is 18.8 Å². The van der Waals surface area contributed by atoms with E-state index in [9.17, 15) is 8.42 Å². The lowest BCUT2D eigenvalue weighted by Gasteiger charge is -2.23. The van der Waals surface area contributed by atoms with Gasteiger partial charge in [0, 0.05) is 12.6 Å². The Hall–Kier alpha value is -0.100. The van der Waals surface area contributed by atoms with Crippen molar-refractivity contribution in [3.8, 4) is 0 Å². The number of piperidine rings is 1. The molecule has 0 aromatic heterocycles. The molecule has 6 heteroatoms. The van der Waals surface area contributed by atoms with E-state index in [1.54, 1.807) is 6.08 Å². The molecule has 1 heterocycles. The van der Waals surface area contributed by atoms with Crippen molar-refractivity contribution in [2.45, 2.75) is 25.3 Å². The number of nitrogens with one attached hydrogen (secondary N) is 2. The second-order valence-corrected chi connectivity index (χ2v) is 5.43. The first kappa shape index (κ1) is 14.9. The molecule has 15 heavy (non-hydrogen) atoms. The van der Waals surface area contributed by atoms with E-state index in [1.807, 2.05) is 0 Å². The summed E-state index contributed by atoms with van der Waals surface area (Å²) in [4.78, 5) is 0. The lowest BCUT2D eigenvalue weighted by atomic mass is 10.1. The maximum absolute atomic E-state index is 11.5. The van der Waals surface area contributed by atoms with Crippen LogP contribution in [0.3, 0.4) is 0 Å². The molecule has 0 bridgehead atoms. The summed E-state index contributed by atoms with van der Waals surface area (Å²) in [5, 5.41) is 3.17. The highest BCUT2D eigenvalue weighted by Gasteiger charge is 2.18. The smallest absolute Gasteiger partial charge is 0.212 e. The zero-order valence-corrected chi connectivity index (χ0v) is 10.4. The van der Waals surface area contributed by atoms with Crippen LogP contribution in [0.15, 0.2) is 12.7 Å². The van der Waals surface area contributed by atoms with Crippen molar-refractivity contribution in [3.63, 3.8) is 0 Å². The number of rotatable bonds is 5. The molecule has 1 aliphatic heterocycles. The lowest BCUT2D eigenvalue weighted by Crippen LogP contribution is -2.46. The van der Waals surface area contributed by atoms with E-state index in [4.69, 9.17) is 0 Å². The Labute approximate surface area is 98.0 Å². The van der Waals surface area contributed by atoms with Crippen LogP contribution in [0.25, 0.3) is 0 Å². The predicted octanol–water partition coefficient (Wildman–Crippen LogP) is 0.656. The van der Waals surface area contributed by atoms with Crippen LogP contribution < -0.4 is 10.0 Å². The topological polar surface area (TPSA) is 58.2 Å². The van der Waals surface area contributed by atoms with Crippen LogP contribution in [0.5, 0.6) is 0 Å². The third kappa shape index (κ3) is 6.14. The fraction of sp³-hybridized carbons (Fsp3) is 0.778. The first-order valence-corrected chi connectivity index (χ1v) is 6.61. The molecule has 1 rings (SSSR count). The summed E-state index contributed by atoms with van der Waals surface area (Å²) in [6.45, 7) is 5.24. The van der Waals surface area contributed by atoms with Gasteiger partial charge in [-0.25, -0.2) is 13.1 Å². The molecule has 0 aromatic rings. The van der Waals surface area contributed by atoms with Crippen LogP contribution >= 0.6 is 12.4 Å². The Morgan fingerprint density at radius 2 is 2.27 bits per heavy atom. The second kappa shape index (κ2) is 7.22. The third-order valence-electron chi connectivity index (χ3n) is 2.23. The Kier molecular flexibility index (Phi) is 7.17. The van der Waals surface area contributed by atoms with Crippen molar-refractivity contribution in [2.24, 2.45) is 0 Å². The van der Waals surface area contributed by atoms with Gasteiger partial charge in [-0.2, -0.15) is 0 Å². The Morgan fingerprint density at radius 1 is 1.53 bits per heavy atom. The van der Waals surface area contributed by atoms with Gasteiger partial charge in [-0.05, 0) is 25.8 Å². The maximum Gasteiger partial charge on any atom is 0.212 e. The minimum absolute atomic E-state index is 0. The van der Waals surface area contributed by atoms with E-state index in [0.29, 0.717) is 6.42 Å². The van der Waals surface area contributed by atoms with Crippen LogP contribution in [0.1, 0.15) is 19.3 Å². The molecule has 0 saturated carbocycles. The van der Waals surface area contributed by atoms with Gasteiger partial charge in [0.1, 0.15) is 0 Å². The summed E-state index contributed by atoms with van der Waals surface area (Å²) in [5.74, 6) is 0.146. The maximum atomic E-state index is 11.5. The first-order chi connectivity index (χ1) is 6.64. The highest BCUT2D eigenvalue weighted by atomic mass is 35.5. The van der Waals surface area contributed by atoms with Crippen molar-refractivity contribution in [3.05, 3.63) is 12.7 Å². The monoisotopic (exact) mass is 254 g/mol. The molecule has 4 nitrogen and oxygen atoms in total. The Bertz CT molecular complexity index is 274. The normalized spacial score (nSPS) is 21.7. The average molecular weight is 255 g/mol. The van der Waals surface area contributed by atoms with Gasteiger partial charge in [-0.15, -0.1) is 19.0 Å². The highest BCUT2D eigenvalue weighted by molar-refractivity contribution is 7.89. The van der Waals surface area contributed by atoms with Gasteiger partial charge in [0.05, 0.1) is 5.75 Å². The summed E-state index contributed by atoms with van der Waals surface area (Å²) in [6.07, 6.45) is 4.10. The van der Waals surface area contributed by atoms with E-state index in [1.165, 1.54) is 0 Å². The molecule has 2 N–H and O–H groups in total. The van der Waals surface area contributed by atoms with E-state index >= 15 is 0 Å². The number of hydrogen-bond acceptors (Lipinski definition) is 3. The van der Waals surface area contributed by atoms with Gasteiger partial charge in [0.15, 0.2) is 0 Å². The number of allylic oxidation sites excluding steroid dienone is 1. The highest BCUT2D eigenvalue weighted by Crippen LogP contribution is 2.03. The molecular weight excluding hydrogens is 236 g/mol. The average Bonchev–Trinajstić information content (AvgIpc) is 2.16. The summed E-state index contributed by atoms with van der Waals surface area (Å²) in [7, 11) is -3.10. The molecule has 0 aliphatic carbocycles. The molecule has 0 amide bonds. The van der Waals surface area contributed by atoms with Crippen LogP contribution in [-0.4, -0.2) is 33.3 Å². The van der Waals surface area contributed by atoms with Crippen molar-refractivity contribution in [1.29, 1.82) is 0 Å². The van der Waals surface area contributed by atoms with Crippen LogP contribution in [0.4, 0.5) is 0 Å². The summed E-state index contributed by atoms with van der Waals surface area (Å²) in [5.41, 5.74) is 0. The number of halogens is 1. The van der Waals surface area contributed by atoms with Gasteiger partial charge < -0.3 is 5.32 Å². The minimum Gasteiger partial charge on any atom is -0.315 e. The molecule has 0 radical (unpaired) electrons. The third-order valence-corrected chi connectivity index (χ3v) is 3.70. The number of sulfonamides is 1. The zero-order chi connectivity index (χ0) is 10.4. The molecule has 1 fully saturated rings. The van der Waals surface area contributed by atoms with Crippen LogP contribution in [0.2, 0.25) is 0 Å². The van der Waals surface area contributed by atoms with Gasteiger partial charge in [0.2, 0.25) is 10.0 Å². The molecule has 0 spiro atoms. The summed E-state index contributed by atoms with van der Waals surface area (Å²) in [6, 6.07) is 0.0681. The van der Waals surface area contributed by atoms with Crippen molar-refractivity contribution < 1.29 is 8.42 Å². The quantitative estimate of drug-likeness (QED) is 0.709. The van der Waals surface area contributed by atoms with Crippen molar-refractivity contribution in [1.82, 2.24) is 10.0 Å². The van der Waals surface area contributed by atoms with Crippen molar-refractivity contribution >= 4 is 22.4 Å². The molecule has 90 valence electrons. The molecule has 0 aromatic carbocycles. The Balaban J connectivity index is 0.00000196. The molecular formula is C9H19ClN2O2S.